The van der Waals surface area contributed by atoms with Gasteiger partial charge in [0, 0.05) is 16.3 Å². The number of rotatable bonds is 4. The van der Waals surface area contributed by atoms with E-state index in [2.05, 4.69) is 0 Å². The van der Waals surface area contributed by atoms with Crippen molar-refractivity contribution in [2.24, 2.45) is 0 Å². The number of para-hydroxylation sites is 1. The first kappa shape index (κ1) is 12.8. The highest BCUT2D eigenvalue weighted by Crippen LogP contribution is 2.16. The lowest BCUT2D eigenvalue weighted by Gasteiger charge is -2.07. The maximum atomic E-state index is 12.2. The predicted octanol–water partition coefficient (Wildman–Crippen LogP) is 2.93. The van der Waals surface area contributed by atoms with Gasteiger partial charge in [0.05, 0.1) is 10.8 Å². The van der Waals surface area contributed by atoms with E-state index in [0.29, 0.717) is 5.75 Å². The van der Waals surface area contributed by atoms with Crippen molar-refractivity contribution in [2.45, 2.75) is 18.2 Å². The molecule has 2 aromatic rings. The van der Waals surface area contributed by atoms with Crippen LogP contribution in [0.3, 0.4) is 0 Å². The van der Waals surface area contributed by atoms with E-state index < -0.39 is 10.8 Å². The van der Waals surface area contributed by atoms with E-state index >= 15 is 0 Å². The van der Waals surface area contributed by atoms with Crippen LogP contribution in [0.4, 0.5) is 5.69 Å². The second kappa shape index (κ2) is 5.83. The number of anilines is 1. The summed E-state index contributed by atoms with van der Waals surface area (Å²) in [6, 6.07) is 15.6. The fourth-order valence-corrected chi connectivity index (χ4v) is 3.17. The summed E-state index contributed by atoms with van der Waals surface area (Å²) in [7, 11) is -0.959. The molecule has 0 radical (unpaired) electrons. The third-order valence-corrected chi connectivity index (χ3v) is 4.47. The Kier molecular flexibility index (Phi) is 4.15. The van der Waals surface area contributed by atoms with E-state index in [-0.39, 0.29) is 0 Å². The summed E-state index contributed by atoms with van der Waals surface area (Å²) in [6.45, 7) is 1.99. The van der Waals surface area contributed by atoms with Gasteiger partial charge in [-0.05, 0) is 36.6 Å². The molecule has 2 N–H and O–H groups in total. The van der Waals surface area contributed by atoms with Crippen LogP contribution in [0.15, 0.2) is 53.4 Å². The average molecular weight is 259 g/mol. The highest BCUT2D eigenvalue weighted by atomic mass is 32.2. The van der Waals surface area contributed by atoms with Crippen molar-refractivity contribution in [3.63, 3.8) is 0 Å². The lowest BCUT2D eigenvalue weighted by molar-refractivity contribution is 0.682. The molecule has 2 nitrogen and oxygen atoms in total. The minimum absolute atomic E-state index is 0.610. The lowest BCUT2D eigenvalue weighted by atomic mass is 10.1. The van der Waals surface area contributed by atoms with Crippen molar-refractivity contribution in [1.82, 2.24) is 0 Å². The Balaban J connectivity index is 2.06. The molecule has 0 bridgehead atoms. The monoisotopic (exact) mass is 259 g/mol. The third kappa shape index (κ3) is 2.99. The highest BCUT2D eigenvalue weighted by molar-refractivity contribution is 7.85. The van der Waals surface area contributed by atoms with Crippen LogP contribution < -0.4 is 5.73 Å². The Morgan fingerprint density at radius 1 is 1.06 bits per heavy atom. The minimum atomic E-state index is -0.959. The molecule has 2 rings (SSSR count). The van der Waals surface area contributed by atoms with Crippen molar-refractivity contribution in [3.8, 4) is 0 Å². The van der Waals surface area contributed by atoms with Crippen LogP contribution in [-0.2, 0) is 17.2 Å². The molecule has 1 unspecified atom stereocenters. The molecule has 0 aliphatic heterocycles. The van der Waals surface area contributed by atoms with Gasteiger partial charge < -0.3 is 5.73 Å². The van der Waals surface area contributed by atoms with E-state index in [4.69, 9.17) is 5.73 Å². The normalized spacial score (nSPS) is 12.3. The van der Waals surface area contributed by atoms with Crippen molar-refractivity contribution >= 4 is 16.5 Å². The zero-order valence-electron chi connectivity index (χ0n) is 10.4. The summed E-state index contributed by atoms with van der Waals surface area (Å²) in [5, 5.41) is 0. The summed E-state index contributed by atoms with van der Waals surface area (Å²) < 4.78 is 12.2. The summed E-state index contributed by atoms with van der Waals surface area (Å²) in [5.41, 5.74) is 8.80. The molecule has 0 aromatic heterocycles. The maximum absolute atomic E-state index is 12.2. The molecule has 2 aromatic carbocycles. The predicted molar refractivity (Wildman–Crippen MR) is 77.0 cm³/mol. The Bertz CT molecular complexity index is 566. The Morgan fingerprint density at radius 2 is 1.72 bits per heavy atom. The molecule has 3 heteroatoms. The Morgan fingerprint density at radius 3 is 2.44 bits per heavy atom. The smallest absolute Gasteiger partial charge is 0.0535 e. The molecule has 0 amide bonds. The van der Waals surface area contributed by atoms with Crippen LogP contribution >= 0.6 is 0 Å². The first-order valence-corrected chi connectivity index (χ1v) is 7.28. The number of benzene rings is 2. The van der Waals surface area contributed by atoms with Crippen LogP contribution in [0, 0.1) is 6.92 Å². The molecule has 0 saturated carbocycles. The van der Waals surface area contributed by atoms with Crippen LogP contribution in [0.5, 0.6) is 0 Å². The fourth-order valence-electron chi connectivity index (χ4n) is 1.89. The SMILES string of the molecule is Cc1ccccc1S(=O)CCc1ccccc1N. The molecule has 1 atom stereocenters. The van der Waals surface area contributed by atoms with Crippen LogP contribution in [0.2, 0.25) is 0 Å². The number of nitrogen functional groups attached to an aromatic ring is 1. The molecule has 0 saturated heterocycles. The van der Waals surface area contributed by atoms with Crippen molar-refractivity contribution in [1.29, 1.82) is 0 Å². The van der Waals surface area contributed by atoms with Crippen LogP contribution in [-0.4, -0.2) is 9.96 Å². The largest absolute Gasteiger partial charge is 0.399 e. The van der Waals surface area contributed by atoms with Crippen LogP contribution in [0.25, 0.3) is 0 Å². The Hall–Kier alpha value is -1.61. The maximum Gasteiger partial charge on any atom is 0.0535 e. The standard InChI is InChI=1S/C15H17NOS/c1-12-6-2-5-9-15(12)18(17)11-10-13-7-3-4-8-14(13)16/h2-9H,10-11,16H2,1H3. The van der Waals surface area contributed by atoms with Gasteiger partial charge in [0.1, 0.15) is 0 Å². The average Bonchev–Trinajstić information content (AvgIpc) is 2.38. The number of nitrogens with two attached hydrogens (primary N) is 1. The molecule has 0 heterocycles. The van der Waals surface area contributed by atoms with E-state index in [1.165, 1.54) is 0 Å². The zero-order chi connectivity index (χ0) is 13.0. The van der Waals surface area contributed by atoms with Crippen molar-refractivity contribution in [3.05, 3.63) is 59.7 Å². The number of hydrogen-bond donors (Lipinski definition) is 1. The molecule has 0 aliphatic rings. The molecular formula is C15H17NOS. The molecule has 94 valence electrons. The number of hydrogen-bond acceptors (Lipinski definition) is 2. The van der Waals surface area contributed by atoms with Gasteiger partial charge in [-0.1, -0.05) is 36.4 Å². The van der Waals surface area contributed by atoms with Gasteiger partial charge in [0.2, 0.25) is 0 Å². The molecule has 0 fully saturated rings. The molecule has 0 aliphatic carbocycles. The van der Waals surface area contributed by atoms with Crippen molar-refractivity contribution in [2.75, 3.05) is 11.5 Å². The van der Waals surface area contributed by atoms with E-state index in [9.17, 15) is 4.21 Å². The quantitative estimate of drug-likeness (QED) is 0.858. The summed E-state index contributed by atoms with van der Waals surface area (Å²) in [6.07, 6.45) is 0.744. The number of aryl methyl sites for hydroxylation is 2. The summed E-state index contributed by atoms with van der Waals surface area (Å²) in [4.78, 5) is 0.923. The van der Waals surface area contributed by atoms with Crippen molar-refractivity contribution < 1.29 is 4.21 Å². The van der Waals surface area contributed by atoms with E-state index in [1.54, 1.807) is 0 Å². The van der Waals surface area contributed by atoms with Gasteiger partial charge in [0.25, 0.3) is 0 Å². The van der Waals surface area contributed by atoms with Gasteiger partial charge in [-0.2, -0.15) is 0 Å². The second-order valence-corrected chi connectivity index (χ2v) is 5.80. The van der Waals surface area contributed by atoms with Gasteiger partial charge in [-0.25, -0.2) is 0 Å². The molecule has 0 spiro atoms. The van der Waals surface area contributed by atoms with Gasteiger partial charge in [-0.3, -0.25) is 4.21 Å². The Labute approximate surface area is 110 Å². The minimum Gasteiger partial charge on any atom is -0.399 e. The topological polar surface area (TPSA) is 43.1 Å². The third-order valence-electron chi connectivity index (χ3n) is 2.95. The van der Waals surface area contributed by atoms with E-state index in [0.717, 1.165) is 28.1 Å². The van der Waals surface area contributed by atoms with Gasteiger partial charge in [0.15, 0.2) is 0 Å². The lowest BCUT2D eigenvalue weighted by Crippen LogP contribution is -2.05. The first-order chi connectivity index (χ1) is 8.68. The first-order valence-electron chi connectivity index (χ1n) is 5.96. The molecular weight excluding hydrogens is 242 g/mol. The van der Waals surface area contributed by atoms with Crippen LogP contribution in [0.1, 0.15) is 11.1 Å². The molecule has 18 heavy (non-hydrogen) atoms. The summed E-state index contributed by atoms with van der Waals surface area (Å²) >= 11 is 0. The van der Waals surface area contributed by atoms with Gasteiger partial charge >= 0.3 is 0 Å². The highest BCUT2D eigenvalue weighted by Gasteiger charge is 2.07. The van der Waals surface area contributed by atoms with E-state index in [1.807, 2.05) is 55.5 Å². The zero-order valence-corrected chi connectivity index (χ0v) is 11.2. The second-order valence-electron chi connectivity index (χ2n) is 4.26. The summed E-state index contributed by atoms with van der Waals surface area (Å²) in [5.74, 6) is 0.610. The fraction of sp³-hybridized carbons (Fsp3) is 0.200. The van der Waals surface area contributed by atoms with Gasteiger partial charge in [-0.15, -0.1) is 0 Å².